The van der Waals surface area contributed by atoms with Crippen LogP contribution in [-0.4, -0.2) is 125 Å². The molecular formula is C66H60N10O7. The number of aromatic amines is 2. The first kappa shape index (κ1) is 56.1. The summed E-state index contributed by atoms with van der Waals surface area (Å²) in [6.07, 6.45) is 1.42. The van der Waals surface area contributed by atoms with E-state index in [1.165, 1.54) is 5.56 Å². The standard InChI is InChI=1S/C33H29N5O3.C29H19N3O4.C4H12N2/c1-38(2)16-15-34-33(40)23-5-3-21(4-6-23)30-19-26-17-24(9-13-28(26)35-30)25-10-14-29-31(18-25)37-32(36-29)22-7-11-27(12-8-22)41-20-39;33-16-36-23-9-5-18(6-10-23)28-31-25-12-8-21(14-27(25)32-28)20-7-11-24-22(13-20)15-26(30-24)17-1-3-19(4-2-17)29(34)35;1-6(2)4-3-5/h3-14,17-18,20H,15-16,19H2,1-2H3,(H,34,40)(H,36,37);1-14,16H,15H2,(H,31,32)(H,34,35);3-5H2,1-2H3. The third-order valence-electron chi connectivity index (χ3n) is 14.0. The number of nitrogens with one attached hydrogen (secondary N) is 3. The summed E-state index contributed by atoms with van der Waals surface area (Å²) in [5.41, 5.74) is 23.9. The Bertz CT molecular complexity index is 4050. The topological polar surface area (TPSA) is 234 Å². The molecule has 83 heavy (non-hydrogen) atoms. The Hall–Kier alpha value is -10.2. The molecule has 416 valence electrons. The van der Waals surface area contributed by atoms with Crippen LogP contribution in [0.25, 0.3) is 67.1 Å². The summed E-state index contributed by atoms with van der Waals surface area (Å²) in [6, 6.07) is 53.8. The maximum absolute atomic E-state index is 12.4. The number of hydrogen-bond acceptors (Lipinski definition) is 13. The van der Waals surface area contributed by atoms with Crippen molar-refractivity contribution in [3.8, 4) is 56.5 Å². The van der Waals surface area contributed by atoms with Crippen molar-refractivity contribution in [2.45, 2.75) is 12.8 Å². The van der Waals surface area contributed by atoms with Crippen LogP contribution in [0, 0.1) is 0 Å². The second-order valence-electron chi connectivity index (χ2n) is 20.4. The van der Waals surface area contributed by atoms with Gasteiger partial charge in [-0.1, -0.05) is 48.5 Å². The van der Waals surface area contributed by atoms with Crippen LogP contribution in [0.4, 0.5) is 11.4 Å². The number of nitrogens with two attached hydrogens (primary N) is 1. The number of amides is 1. The van der Waals surface area contributed by atoms with Gasteiger partial charge in [0.15, 0.2) is 0 Å². The average molecular weight is 1110 g/mol. The van der Waals surface area contributed by atoms with Gasteiger partial charge in [0.2, 0.25) is 0 Å². The Morgan fingerprint density at radius 3 is 1.33 bits per heavy atom. The van der Waals surface area contributed by atoms with Crippen LogP contribution >= 0.6 is 0 Å². The van der Waals surface area contributed by atoms with Crippen molar-refractivity contribution in [1.82, 2.24) is 35.1 Å². The number of fused-ring (bicyclic) bond motifs is 4. The fraction of sp³-hybridized carbons (Fsp3) is 0.152. The highest BCUT2D eigenvalue weighted by Gasteiger charge is 2.20. The van der Waals surface area contributed by atoms with Crippen LogP contribution in [0.1, 0.15) is 43.0 Å². The van der Waals surface area contributed by atoms with Crippen molar-refractivity contribution in [3.63, 3.8) is 0 Å². The summed E-state index contributed by atoms with van der Waals surface area (Å²) in [4.78, 5) is 74.5. The van der Waals surface area contributed by atoms with Gasteiger partial charge in [0, 0.05) is 55.7 Å². The van der Waals surface area contributed by atoms with E-state index in [1.807, 2.05) is 112 Å². The van der Waals surface area contributed by atoms with Gasteiger partial charge in [0.1, 0.15) is 23.1 Å². The number of likely N-dealkylation sites (N-methyl/N-ethyl adjacent to an activating group) is 2. The molecule has 0 spiro atoms. The van der Waals surface area contributed by atoms with E-state index in [0.717, 1.165) is 133 Å². The zero-order valence-electron chi connectivity index (χ0n) is 46.2. The fourth-order valence-electron chi connectivity index (χ4n) is 9.61. The summed E-state index contributed by atoms with van der Waals surface area (Å²) in [7, 11) is 7.98. The van der Waals surface area contributed by atoms with E-state index in [9.17, 15) is 19.2 Å². The Kier molecular flexibility index (Phi) is 17.2. The van der Waals surface area contributed by atoms with E-state index in [4.69, 9.17) is 40.3 Å². The number of carbonyl (C=O) groups is 4. The third-order valence-corrected chi connectivity index (χ3v) is 14.0. The molecule has 0 bridgehead atoms. The van der Waals surface area contributed by atoms with Crippen LogP contribution < -0.4 is 20.5 Å². The maximum atomic E-state index is 12.4. The van der Waals surface area contributed by atoms with Crippen molar-refractivity contribution >= 4 is 69.7 Å². The van der Waals surface area contributed by atoms with Gasteiger partial charge in [-0.05, 0) is 194 Å². The van der Waals surface area contributed by atoms with Crippen molar-refractivity contribution in [1.29, 1.82) is 0 Å². The highest BCUT2D eigenvalue weighted by Crippen LogP contribution is 2.36. The van der Waals surface area contributed by atoms with E-state index in [1.54, 1.807) is 36.4 Å². The minimum absolute atomic E-state index is 0.0665. The molecule has 2 aromatic heterocycles. The quantitative estimate of drug-likeness (QED) is 0.0536. The van der Waals surface area contributed by atoms with Gasteiger partial charge < -0.3 is 45.4 Å². The molecule has 2 aliphatic heterocycles. The number of hydrogen-bond donors (Lipinski definition) is 5. The largest absolute Gasteiger partial charge is 0.478 e. The molecule has 12 rings (SSSR count). The van der Waals surface area contributed by atoms with Crippen molar-refractivity contribution < 1.29 is 33.8 Å². The third kappa shape index (κ3) is 13.5. The number of aromatic nitrogens is 4. The lowest BCUT2D eigenvalue weighted by atomic mass is 9.98. The van der Waals surface area contributed by atoms with Gasteiger partial charge in [0.05, 0.1) is 50.4 Å². The Morgan fingerprint density at radius 2 is 0.928 bits per heavy atom. The van der Waals surface area contributed by atoms with Crippen molar-refractivity contribution in [2.75, 3.05) is 54.4 Å². The molecule has 0 atom stereocenters. The van der Waals surface area contributed by atoms with Gasteiger partial charge in [-0.2, -0.15) is 0 Å². The maximum Gasteiger partial charge on any atom is 0.335 e. The summed E-state index contributed by atoms with van der Waals surface area (Å²) in [6.45, 7) is 3.97. The number of carboxylic acid groups (broad SMARTS) is 1. The summed E-state index contributed by atoms with van der Waals surface area (Å²) in [5, 5.41) is 12.1. The molecule has 0 saturated heterocycles. The monoisotopic (exact) mass is 1100 g/mol. The van der Waals surface area contributed by atoms with Crippen LogP contribution in [0.3, 0.4) is 0 Å². The second-order valence-corrected chi connectivity index (χ2v) is 20.4. The van der Waals surface area contributed by atoms with Gasteiger partial charge in [0.25, 0.3) is 18.9 Å². The SMILES string of the molecule is CN(C)CCN.CN(C)CCNC(=O)c1ccc(C2=Nc3ccc(-c4ccc5nc(-c6ccc(OC=O)cc6)[nH]c5c4)cc3C2)cc1.O=COc1ccc(-c2nc3ccc(-c4ccc5c(c4)CC(c4ccc(C(=O)O)cc4)=N5)cc3[nH]2)cc1. The zero-order chi connectivity index (χ0) is 58.0. The molecular weight excluding hydrogens is 1040 g/mol. The fourth-order valence-corrected chi connectivity index (χ4v) is 9.61. The Labute approximate surface area is 479 Å². The molecule has 0 saturated carbocycles. The van der Waals surface area contributed by atoms with Crippen LogP contribution in [-0.2, 0) is 22.4 Å². The van der Waals surface area contributed by atoms with E-state index in [2.05, 4.69) is 74.8 Å². The van der Waals surface area contributed by atoms with Gasteiger partial charge in [-0.25, -0.2) is 14.8 Å². The summed E-state index contributed by atoms with van der Waals surface area (Å²) < 4.78 is 9.74. The number of carbonyl (C=O) groups excluding carboxylic acids is 3. The Balaban J connectivity index is 0.000000170. The second kappa shape index (κ2) is 25.5. The number of aliphatic imine (C=N–C) groups is 2. The average Bonchev–Trinajstić information content (AvgIpc) is 3.74. The molecule has 10 aromatic rings. The van der Waals surface area contributed by atoms with Crippen LogP contribution in [0.15, 0.2) is 180 Å². The molecule has 17 nitrogen and oxygen atoms in total. The molecule has 0 aliphatic carbocycles. The van der Waals surface area contributed by atoms with E-state index in [-0.39, 0.29) is 11.5 Å². The number of rotatable bonds is 17. The van der Waals surface area contributed by atoms with Gasteiger partial charge in [-0.3, -0.25) is 24.4 Å². The number of H-pyrrole nitrogens is 2. The van der Waals surface area contributed by atoms with E-state index >= 15 is 0 Å². The van der Waals surface area contributed by atoms with Gasteiger partial charge >= 0.3 is 5.97 Å². The molecule has 0 radical (unpaired) electrons. The Morgan fingerprint density at radius 1 is 0.530 bits per heavy atom. The summed E-state index contributed by atoms with van der Waals surface area (Å²) in [5.74, 6) is 1.45. The number of benzene rings is 8. The minimum atomic E-state index is -0.939. The molecule has 4 heterocycles. The predicted octanol–water partition coefficient (Wildman–Crippen LogP) is 10.7. The number of carboxylic acids is 1. The van der Waals surface area contributed by atoms with Crippen LogP contribution in [0.2, 0.25) is 0 Å². The lowest BCUT2D eigenvalue weighted by molar-refractivity contribution is -0.121. The van der Waals surface area contributed by atoms with E-state index in [0.29, 0.717) is 43.0 Å². The molecule has 0 fully saturated rings. The molecule has 8 aromatic carbocycles. The highest BCUT2D eigenvalue weighted by atomic mass is 16.5. The molecule has 2 aliphatic rings. The highest BCUT2D eigenvalue weighted by molar-refractivity contribution is 6.08. The molecule has 17 heteroatoms. The number of aromatic carboxylic acids is 1. The van der Waals surface area contributed by atoms with E-state index < -0.39 is 5.97 Å². The zero-order valence-corrected chi connectivity index (χ0v) is 46.2. The number of imidazole rings is 2. The minimum Gasteiger partial charge on any atom is -0.478 e. The first-order valence-corrected chi connectivity index (χ1v) is 26.9. The van der Waals surface area contributed by atoms with Gasteiger partial charge in [-0.15, -0.1) is 0 Å². The first-order chi connectivity index (χ1) is 40.3. The number of nitrogens with zero attached hydrogens (tertiary/aromatic N) is 6. The van der Waals surface area contributed by atoms with Crippen LogP contribution in [0.5, 0.6) is 11.5 Å². The molecule has 6 N–H and O–H groups in total. The number of ether oxygens (including phenoxy) is 2. The lowest BCUT2D eigenvalue weighted by Gasteiger charge is -2.10. The predicted molar refractivity (Wildman–Crippen MR) is 325 cm³/mol. The van der Waals surface area contributed by atoms with Crippen molar-refractivity contribution in [2.24, 2.45) is 15.7 Å². The summed E-state index contributed by atoms with van der Waals surface area (Å²) >= 11 is 0. The first-order valence-electron chi connectivity index (χ1n) is 26.9. The lowest BCUT2D eigenvalue weighted by Crippen LogP contribution is -2.31. The molecule has 1 amide bonds. The van der Waals surface area contributed by atoms with Crippen molar-refractivity contribution in [3.05, 3.63) is 203 Å². The normalized spacial score (nSPS) is 12.1. The molecule has 0 unspecified atom stereocenters. The smallest absolute Gasteiger partial charge is 0.335 e.